The molecule has 2 N–H and O–H groups in total. The Bertz CT molecular complexity index is 1280. The lowest BCUT2D eigenvalue weighted by Gasteiger charge is -2.30. The van der Waals surface area contributed by atoms with E-state index in [0.29, 0.717) is 40.7 Å². The highest BCUT2D eigenvalue weighted by atomic mass is 19.1. The number of halogens is 1. The lowest BCUT2D eigenvalue weighted by atomic mass is 9.97. The van der Waals surface area contributed by atoms with E-state index in [9.17, 15) is 0 Å². The number of fused-ring (bicyclic) bond motifs is 1. The molecule has 176 valence electrons. The molecule has 7 nitrogen and oxygen atoms in total. The number of rotatable bonds is 6. The van der Waals surface area contributed by atoms with Gasteiger partial charge in [-0.15, -0.1) is 0 Å². The van der Waals surface area contributed by atoms with Gasteiger partial charge >= 0.3 is 0 Å². The molecule has 0 unspecified atom stereocenters. The number of likely N-dealkylation sites (N-methyl/N-ethyl adjacent to an activating group) is 1. The Morgan fingerprint density at radius 1 is 1.15 bits per heavy atom. The number of nitrogens with zero attached hydrogens (tertiary/aromatic N) is 4. The Kier molecular flexibility index (Phi) is 6.17. The van der Waals surface area contributed by atoms with Gasteiger partial charge in [0.15, 0.2) is 0 Å². The number of nitrogens with two attached hydrogens (primary N) is 1. The first-order valence-corrected chi connectivity index (χ1v) is 11.4. The average Bonchev–Trinajstić information content (AvgIpc) is 3.21. The number of para-hydroxylation sites is 1. The van der Waals surface area contributed by atoms with Crippen molar-refractivity contribution in [1.29, 1.82) is 0 Å². The molecule has 0 bridgehead atoms. The van der Waals surface area contributed by atoms with Crippen LogP contribution in [-0.2, 0) is 4.74 Å². The normalized spacial score (nSPS) is 18.5. The lowest BCUT2D eigenvalue weighted by molar-refractivity contribution is -0.0104. The van der Waals surface area contributed by atoms with E-state index >= 15 is 4.39 Å². The first-order valence-electron chi connectivity index (χ1n) is 11.4. The van der Waals surface area contributed by atoms with E-state index in [0.717, 1.165) is 25.2 Å². The van der Waals surface area contributed by atoms with Gasteiger partial charge in [0.2, 0.25) is 0 Å². The van der Waals surface area contributed by atoms with Crippen molar-refractivity contribution in [2.75, 3.05) is 33.0 Å². The molecule has 8 heteroatoms. The van der Waals surface area contributed by atoms with Crippen molar-refractivity contribution in [3.8, 4) is 22.8 Å². The Morgan fingerprint density at radius 2 is 1.97 bits per heavy atom. The van der Waals surface area contributed by atoms with Crippen LogP contribution in [0.5, 0.6) is 11.5 Å². The zero-order valence-electron chi connectivity index (χ0n) is 19.3. The molecular weight excluding hydrogens is 433 g/mol. The van der Waals surface area contributed by atoms with E-state index in [4.69, 9.17) is 20.2 Å². The van der Waals surface area contributed by atoms with Gasteiger partial charge < -0.3 is 20.1 Å². The number of hydrogen-bond donors (Lipinski definition) is 1. The third-order valence-corrected chi connectivity index (χ3v) is 6.09. The summed E-state index contributed by atoms with van der Waals surface area (Å²) in [4.78, 5) is 11.2. The quantitative estimate of drug-likeness (QED) is 0.447. The molecule has 1 aliphatic heterocycles. The first-order chi connectivity index (χ1) is 16.5. The van der Waals surface area contributed by atoms with Crippen LogP contribution >= 0.6 is 0 Å². The molecule has 1 saturated heterocycles. The van der Waals surface area contributed by atoms with Crippen LogP contribution in [0.2, 0.25) is 0 Å². The van der Waals surface area contributed by atoms with E-state index in [1.165, 1.54) is 6.07 Å². The highest BCUT2D eigenvalue weighted by Crippen LogP contribution is 2.36. The molecule has 5 rings (SSSR count). The topological polar surface area (TPSA) is 77.9 Å². The molecule has 0 radical (unpaired) electrons. The van der Waals surface area contributed by atoms with E-state index in [-0.39, 0.29) is 12.0 Å². The van der Waals surface area contributed by atoms with E-state index in [2.05, 4.69) is 9.88 Å². The molecule has 0 aliphatic carbocycles. The van der Waals surface area contributed by atoms with Gasteiger partial charge in [0.1, 0.15) is 40.2 Å². The smallest absolute Gasteiger partial charge is 0.150 e. The summed E-state index contributed by atoms with van der Waals surface area (Å²) in [6.45, 7) is 1.45. The summed E-state index contributed by atoms with van der Waals surface area (Å²) in [6, 6.07) is 14.1. The fourth-order valence-corrected chi connectivity index (χ4v) is 4.50. The van der Waals surface area contributed by atoms with Gasteiger partial charge in [0.05, 0.1) is 12.7 Å². The van der Waals surface area contributed by atoms with Gasteiger partial charge in [-0.2, -0.15) is 0 Å². The SMILES string of the molecule is CN(C)C[C@H]1CC[C@@H](c2nc(-c3ccc(Oc4ccccc4)cc3F)c3c(N)nccn23)CO1. The molecule has 34 heavy (non-hydrogen) atoms. The minimum atomic E-state index is -0.436. The van der Waals surface area contributed by atoms with Crippen molar-refractivity contribution in [2.45, 2.75) is 24.9 Å². The fraction of sp³-hybridized carbons (Fsp3) is 0.308. The summed E-state index contributed by atoms with van der Waals surface area (Å²) in [5, 5.41) is 0. The third-order valence-electron chi connectivity index (χ3n) is 6.09. The summed E-state index contributed by atoms with van der Waals surface area (Å²) >= 11 is 0. The van der Waals surface area contributed by atoms with Crippen molar-refractivity contribution >= 4 is 11.3 Å². The molecule has 1 aliphatic rings. The Morgan fingerprint density at radius 3 is 2.68 bits per heavy atom. The van der Waals surface area contributed by atoms with Crippen LogP contribution in [0.15, 0.2) is 60.9 Å². The maximum absolute atomic E-state index is 15.3. The number of ether oxygens (including phenoxy) is 2. The highest BCUT2D eigenvalue weighted by Gasteiger charge is 2.29. The van der Waals surface area contributed by atoms with Crippen molar-refractivity contribution in [1.82, 2.24) is 19.3 Å². The van der Waals surface area contributed by atoms with Crippen molar-refractivity contribution in [3.05, 3.63) is 72.6 Å². The summed E-state index contributed by atoms with van der Waals surface area (Å²) in [5.41, 5.74) is 7.67. The van der Waals surface area contributed by atoms with E-state index < -0.39 is 5.82 Å². The third kappa shape index (κ3) is 4.47. The Balaban J connectivity index is 1.47. The number of anilines is 1. The van der Waals surface area contributed by atoms with Gasteiger partial charge in [-0.1, -0.05) is 18.2 Å². The number of aromatic nitrogens is 3. The fourth-order valence-electron chi connectivity index (χ4n) is 4.50. The van der Waals surface area contributed by atoms with Crippen LogP contribution in [0, 0.1) is 5.82 Å². The Labute approximate surface area is 198 Å². The molecule has 4 aromatic rings. The lowest BCUT2D eigenvalue weighted by Crippen LogP contribution is -2.34. The second kappa shape index (κ2) is 9.40. The minimum Gasteiger partial charge on any atom is -0.457 e. The predicted molar refractivity (Wildman–Crippen MR) is 130 cm³/mol. The van der Waals surface area contributed by atoms with E-state index in [1.807, 2.05) is 55.0 Å². The molecular formula is C26H28FN5O2. The van der Waals surface area contributed by atoms with Gasteiger partial charge in [-0.05, 0) is 51.2 Å². The largest absolute Gasteiger partial charge is 0.457 e. The highest BCUT2D eigenvalue weighted by molar-refractivity contribution is 5.85. The number of imidazole rings is 1. The Hall–Kier alpha value is -3.49. The minimum absolute atomic E-state index is 0.0882. The van der Waals surface area contributed by atoms with Crippen LogP contribution in [0.3, 0.4) is 0 Å². The molecule has 0 saturated carbocycles. The molecule has 0 spiro atoms. The maximum Gasteiger partial charge on any atom is 0.150 e. The van der Waals surface area contributed by atoms with Crippen LogP contribution in [0.1, 0.15) is 24.6 Å². The van der Waals surface area contributed by atoms with Crippen LogP contribution in [0.4, 0.5) is 10.2 Å². The number of benzene rings is 2. The summed E-state index contributed by atoms with van der Waals surface area (Å²) in [6.07, 6.45) is 5.55. The monoisotopic (exact) mass is 461 g/mol. The standard InChI is InChI=1S/C26H28FN5O2/c1-31(2)15-20-9-8-17(16-33-20)26-30-23(24-25(28)29-12-13-32(24)26)21-11-10-19(14-22(21)27)34-18-6-4-3-5-7-18/h3-7,10-14,17,20H,8-9,15-16H2,1-2H3,(H2,28,29)/t17-,20-/m1/s1. The zero-order chi connectivity index (χ0) is 23.7. The maximum atomic E-state index is 15.3. The predicted octanol–water partition coefficient (Wildman–Crippen LogP) is 4.73. The number of hydrogen-bond acceptors (Lipinski definition) is 6. The van der Waals surface area contributed by atoms with Gasteiger partial charge in [-0.25, -0.2) is 14.4 Å². The second-order valence-corrected chi connectivity index (χ2v) is 8.90. The van der Waals surface area contributed by atoms with Gasteiger partial charge in [0, 0.05) is 36.5 Å². The summed E-state index contributed by atoms with van der Waals surface area (Å²) < 4.78 is 29.1. The average molecular weight is 462 g/mol. The second-order valence-electron chi connectivity index (χ2n) is 8.90. The summed E-state index contributed by atoms with van der Waals surface area (Å²) in [5.74, 6) is 1.82. The van der Waals surface area contributed by atoms with Crippen molar-refractivity contribution in [3.63, 3.8) is 0 Å². The first kappa shape index (κ1) is 22.3. The molecule has 2 atom stereocenters. The summed E-state index contributed by atoms with van der Waals surface area (Å²) in [7, 11) is 4.09. The van der Waals surface area contributed by atoms with Crippen LogP contribution in [0.25, 0.3) is 16.8 Å². The van der Waals surface area contributed by atoms with Crippen LogP contribution in [-0.4, -0.2) is 52.6 Å². The van der Waals surface area contributed by atoms with Gasteiger partial charge in [-0.3, -0.25) is 4.40 Å². The molecule has 2 aromatic carbocycles. The molecule has 0 amide bonds. The zero-order valence-corrected chi connectivity index (χ0v) is 19.3. The van der Waals surface area contributed by atoms with Crippen molar-refractivity contribution < 1.29 is 13.9 Å². The van der Waals surface area contributed by atoms with E-state index in [1.54, 1.807) is 18.3 Å². The van der Waals surface area contributed by atoms with Crippen molar-refractivity contribution in [2.24, 2.45) is 0 Å². The molecule has 1 fully saturated rings. The molecule has 2 aromatic heterocycles. The number of nitrogen functional groups attached to an aromatic ring is 1. The van der Waals surface area contributed by atoms with Gasteiger partial charge in [0.25, 0.3) is 0 Å². The molecule has 3 heterocycles. The van der Waals surface area contributed by atoms with Crippen LogP contribution < -0.4 is 10.5 Å².